The molecule has 0 spiro atoms. The van der Waals surface area contributed by atoms with Crippen LogP contribution in [0.25, 0.3) is 0 Å². The van der Waals surface area contributed by atoms with Gasteiger partial charge in [-0.05, 0) is 44.7 Å². The average Bonchev–Trinajstić information content (AvgIpc) is 2.88. The highest BCUT2D eigenvalue weighted by molar-refractivity contribution is 7.89. The molecule has 12 heteroatoms. The summed E-state index contributed by atoms with van der Waals surface area (Å²) < 4.78 is 83.5. The Morgan fingerprint density at radius 3 is 2.57 bits per heavy atom. The molecule has 0 amide bonds. The molecule has 0 atom stereocenters. The van der Waals surface area contributed by atoms with E-state index in [0.29, 0.717) is 22.5 Å². The Hall–Kier alpha value is -2.44. The van der Waals surface area contributed by atoms with Crippen LogP contribution in [0.4, 0.5) is 17.6 Å². The fraction of sp³-hybridized carbons (Fsp3) is 0.389. The molecule has 3 N–H and O–H groups in total. The van der Waals surface area contributed by atoms with E-state index in [1.807, 2.05) is 4.72 Å². The summed E-state index contributed by atoms with van der Waals surface area (Å²) in [6.45, 7) is 3.32. The smallest absolute Gasteiger partial charge is 0.404 e. The molecule has 0 bridgehead atoms. The van der Waals surface area contributed by atoms with Crippen molar-refractivity contribution < 1.29 is 30.7 Å². The normalized spacial score (nSPS) is 13.0. The molecule has 2 aromatic rings. The summed E-state index contributed by atoms with van der Waals surface area (Å²) in [7, 11) is -3.09. The number of hydrogen-bond acceptors (Lipinski definition) is 5. The lowest BCUT2D eigenvalue weighted by Crippen LogP contribution is -2.23. The lowest BCUT2D eigenvalue weighted by Gasteiger charge is -2.15. The number of allylic oxidation sites excluding steroid dienone is 1. The zero-order chi connectivity index (χ0) is 22.7. The van der Waals surface area contributed by atoms with Crippen LogP contribution in [0.3, 0.4) is 0 Å². The highest BCUT2D eigenvalue weighted by atomic mass is 32.2. The van der Waals surface area contributed by atoms with E-state index in [0.717, 1.165) is 19.2 Å². The first-order valence-electron chi connectivity index (χ1n) is 8.77. The van der Waals surface area contributed by atoms with Gasteiger partial charge in [-0.1, -0.05) is 6.07 Å². The SMILES string of the molecule is CNS(=O)(=O)c1ccc(Cc2c(C)nn(C/C(F)=C/CN)c2C)cc1OC(F)(F)F. The van der Waals surface area contributed by atoms with Crippen molar-refractivity contribution in [1.82, 2.24) is 14.5 Å². The number of ether oxygens (including phenoxy) is 1. The Kier molecular flexibility index (Phi) is 7.27. The molecular formula is C18H22F4N4O3S. The third kappa shape index (κ3) is 5.80. The van der Waals surface area contributed by atoms with Gasteiger partial charge in [-0.25, -0.2) is 17.5 Å². The number of nitrogens with one attached hydrogen (secondary N) is 1. The summed E-state index contributed by atoms with van der Waals surface area (Å²) in [5.74, 6) is -1.30. The van der Waals surface area contributed by atoms with Crippen molar-refractivity contribution in [1.29, 1.82) is 0 Å². The number of hydrogen-bond donors (Lipinski definition) is 2. The summed E-state index contributed by atoms with van der Waals surface area (Å²) in [4.78, 5) is -0.635. The van der Waals surface area contributed by atoms with Gasteiger partial charge in [0.25, 0.3) is 0 Å². The minimum absolute atomic E-state index is 0.0435. The molecule has 2 rings (SSSR count). The summed E-state index contributed by atoms with van der Waals surface area (Å²) in [6.07, 6.45) is -3.70. The molecule has 166 valence electrons. The highest BCUT2D eigenvalue weighted by Crippen LogP contribution is 2.32. The molecule has 1 aromatic heterocycles. The molecule has 0 aliphatic heterocycles. The minimum atomic E-state index is -5.07. The molecule has 0 radical (unpaired) electrons. The van der Waals surface area contributed by atoms with Gasteiger partial charge < -0.3 is 10.5 Å². The minimum Gasteiger partial charge on any atom is -0.404 e. The molecule has 0 fully saturated rings. The van der Waals surface area contributed by atoms with Crippen molar-refractivity contribution in [3.63, 3.8) is 0 Å². The second-order valence-corrected chi connectivity index (χ2v) is 8.26. The molecular weight excluding hydrogens is 428 g/mol. The number of sulfonamides is 1. The van der Waals surface area contributed by atoms with Gasteiger partial charge in [-0.3, -0.25) is 4.68 Å². The van der Waals surface area contributed by atoms with Gasteiger partial charge >= 0.3 is 6.36 Å². The Balaban J connectivity index is 2.43. The maximum absolute atomic E-state index is 13.8. The standard InChI is InChI=1S/C18H22F4N4O3S/c1-11-15(12(2)26(25-11)10-14(19)6-7-23)8-13-4-5-17(30(27,28)24-3)16(9-13)29-18(20,21)22/h4-6,9,24H,7-8,10,23H2,1-3H3/b14-6-. The Morgan fingerprint density at radius 1 is 1.33 bits per heavy atom. The second kappa shape index (κ2) is 9.14. The van der Waals surface area contributed by atoms with Crippen molar-refractivity contribution in [2.75, 3.05) is 13.6 Å². The van der Waals surface area contributed by atoms with Gasteiger partial charge in [0, 0.05) is 24.2 Å². The summed E-state index contributed by atoms with van der Waals surface area (Å²) >= 11 is 0. The topological polar surface area (TPSA) is 99.2 Å². The first kappa shape index (κ1) is 23.8. The summed E-state index contributed by atoms with van der Waals surface area (Å²) in [5.41, 5.74) is 7.52. The van der Waals surface area contributed by atoms with E-state index in [9.17, 15) is 26.0 Å². The predicted molar refractivity (Wildman–Crippen MR) is 102 cm³/mol. The van der Waals surface area contributed by atoms with Crippen LogP contribution in [-0.4, -0.2) is 38.2 Å². The molecule has 0 unspecified atom stereocenters. The van der Waals surface area contributed by atoms with Crippen LogP contribution in [0.1, 0.15) is 22.5 Å². The summed E-state index contributed by atoms with van der Waals surface area (Å²) in [6, 6.07) is 3.45. The van der Waals surface area contributed by atoms with Crippen LogP contribution in [0, 0.1) is 13.8 Å². The van der Waals surface area contributed by atoms with Crippen molar-refractivity contribution in [2.45, 2.75) is 38.1 Å². The fourth-order valence-electron chi connectivity index (χ4n) is 2.88. The van der Waals surface area contributed by atoms with E-state index < -0.39 is 32.9 Å². The van der Waals surface area contributed by atoms with Crippen LogP contribution in [-0.2, 0) is 23.0 Å². The number of nitrogens with zero attached hydrogens (tertiary/aromatic N) is 2. The molecule has 1 heterocycles. The monoisotopic (exact) mass is 450 g/mol. The molecule has 0 aliphatic rings. The number of halogens is 4. The van der Waals surface area contributed by atoms with Crippen molar-refractivity contribution in [2.24, 2.45) is 5.73 Å². The van der Waals surface area contributed by atoms with Gasteiger partial charge in [0.1, 0.15) is 16.5 Å². The maximum atomic E-state index is 13.8. The Labute approximate surface area is 171 Å². The van der Waals surface area contributed by atoms with Gasteiger partial charge in [0.05, 0.1) is 12.2 Å². The third-order valence-electron chi connectivity index (χ3n) is 4.34. The van der Waals surface area contributed by atoms with Crippen LogP contribution in [0.15, 0.2) is 35.0 Å². The van der Waals surface area contributed by atoms with Crippen LogP contribution in [0.2, 0.25) is 0 Å². The van der Waals surface area contributed by atoms with E-state index >= 15 is 0 Å². The maximum Gasteiger partial charge on any atom is 0.573 e. The zero-order valence-corrected chi connectivity index (χ0v) is 17.4. The van der Waals surface area contributed by atoms with E-state index in [2.05, 4.69) is 9.84 Å². The molecule has 0 saturated carbocycles. The van der Waals surface area contributed by atoms with Gasteiger partial charge in [0.2, 0.25) is 10.0 Å². The van der Waals surface area contributed by atoms with E-state index in [1.54, 1.807) is 13.8 Å². The van der Waals surface area contributed by atoms with E-state index in [4.69, 9.17) is 5.73 Å². The molecule has 0 aliphatic carbocycles. The van der Waals surface area contributed by atoms with Crippen molar-refractivity contribution in [3.8, 4) is 5.75 Å². The first-order valence-corrected chi connectivity index (χ1v) is 10.3. The number of aromatic nitrogens is 2. The van der Waals surface area contributed by atoms with Gasteiger partial charge in [0.15, 0.2) is 0 Å². The zero-order valence-electron chi connectivity index (χ0n) is 16.5. The highest BCUT2D eigenvalue weighted by Gasteiger charge is 2.34. The quantitative estimate of drug-likeness (QED) is 0.603. The largest absolute Gasteiger partial charge is 0.573 e. The van der Waals surface area contributed by atoms with Gasteiger partial charge in [-0.2, -0.15) is 5.10 Å². The fourth-order valence-corrected chi connectivity index (χ4v) is 3.71. The number of benzene rings is 1. The molecule has 0 saturated heterocycles. The molecule has 7 nitrogen and oxygen atoms in total. The lowest BCUT2D eigenvalue weighted by molar-refractivity contribution is -0.275. The van der Waals surface area contributed by atoms with Crippen molar-refractivity contribution >= 4 is 10.0 Å². The summed E-state index contributed by atoms with van der Waals surface area (Å²) in [5, 5.41) is 4.26. The van der Waals surface area contributed by atoms with Crippen molar-refractivity contribution in [3.05, 3.63) is 52.6 Å². The Bertz CT molecular complexity index is 1050. The second-order valence-electron chi connectivity index (χ2n) is 6.41. The lowest BCUT2D eigenvalue weighted by atomic mass is 10.0. The third-order valence-corrected chi connectivity index (χ3v) is 5.80. The van der Waals surface area contributed by atoms with Crippen LogP contribution in [0.5, 0.6) is 5.75 Å². The molecule has 30 heavy (non-hydrogen) atoms. The number of rotatable bonds is 8. The number of aryl methyl sites for hydroxylation is 1. The number of alkyl halides is 3. The van der Waals surface area contributed by atoms with Crippen LogP contribution >= 0.6 is 0 Å². The first-order chi connectivity index (χ1) is 13.9. The van der Waals surface area contributed by atoms with Crippen LogP contribution < -0.4 is 15.2 Å². The average molecular weight is 450 g/mol. The van der Waals surface area contributed by atoms with Gasteiger partial charge in [-0.15, -0.1) is 13.2 Å². The number of nitrogens with two attached hydrogens (primary N) is 1. The van der Waals surface area contributed by atoms with E-state index in [-0.39, 0.29) is 19.5 Å². The Morgan fingerprint density at radius 2 is 2.00 bits per heavy atom. The molecule has 1 aromatic carbocycles. The predicted octanol–water partition coefficient (Wildman–Crippen LogP) is 2.71. The van der Waals surface area contributed by atoms with E-state index in [1.165, 1.54) is 16.8 Å².